The van der Waals surface area contributed by atoms with Crippen molar-refractivity contribution in [3.63, 3.8) is 0 Å². The van der Waals surface area contributed by atoms with Crippen molar-refractivity contribution in [2.45, 2.75) is 63.9 Å². The Labute approximate surface area is 132 Å². The van der Waals surface area contributed by atoms with Crippen LogP contribution in [0.3, 0.4) is 0 Å². The van der Waals surface area contributed by atoms with Gasteiger partial charge >= 0.3 is 0 Å². The van der Waals surface area contributed by atoms with Gasteiger partial charge in [0.25, 0.3) is 0 Å². The molecule has 0 aromatic heterocycles. The minimum atomic E-state index is -0.244. The summed E-state index contributed by atoms with van der Waals surface area (Å²) in [5.74, 6) is 0.384. The van der Waals surface area contributed by atoms with Crippen molar-refractivity contribution >= 4 is 0 Å². The van der Waals surface area contributed by atoms with Crippen molar-refractivity contribution < 1.29 is 13.9 Å². The third-order valence-corrected chi connectivity index (χ3v) is 4.56. The first-order valence-electron chi connectivity index (χ1n) is 8.43. The van der Waals surface area contributed by atoms with Gasteiger partial charge in [0.1, 0.15) is 17.7 Å². The van der Waals surface area contributed by atoms with Gasteiger partial charge in [-0.25, -0.2) is 4.39 Å². The molecule has 1 saturated heterocycles. The summed E-state index contributed by atoms with van der Waals surface area (Å²) in [6.07, 6.45) is 5.73. The van der Waals surface area contributed by atoms with Gasteiger partial charge in [-0.2, -0.15) is 0 Å². The average molecular weight is 307 g/mol. The second kappa shape index (κ2) is 6.97. The molecule has 2 fully saturated rings. The highest BCUT2D eigenvalue weighted by molar-refractivity contribution is 5.23. The first-order chi connectivity index (χ1) is 10.6. The molecular weight excluding hydrogens is 281 g/mol. The minimum absolute atomic E-state index is 0.170. The van der Waals surface area contributed by atoms with Crippen LogP contribution in [0.15, 0.2) is 24.3 Å². The lowest BCUT2D eigenvalue weighted by Gasteiger charge is -2.48. The molecular formula is C18H26FNO2. The molecule has 2 unspecified atom stereocenters. The van der Waals surface area contributed by atoms with Gasteiger partial charge in [-0.3, -0.25) is 4.90 Å². The maximum atomic E-state index is 13.2. The van der Waals surface area contributed by atoms with E-state index in [9.17, 15) is 4.39 Å². The van der Waals surface area contributed by atoms with Crippen LogP contribution in [0.5, 0.6) is 5.75 Å². The Balaban J connectivity index is 1.51. The molecule has 1 aliphatic carbocycles. The minimum Gasteiger partial charge on any atom is -0.488 e. The monoisotopic (exact) mass is 307 g/mol. The van der Waals surface area contributed by atoms with Crippen LogP contribution in [0.2, 0.25) is 0 Å². The highest BCUT2D eigenvalue weighted by atomic mass is 19.1. The molecule has 1 aliphatic heterocycles. The first-order valence-corrected chi connectivity index (χ1v) is 8.43. The van der Waals surface area contributed by atoms with Gasteiger partial charge in [0, 0.05) is 25.2 Å². The lowest BCUT2D eigenvalue weighted by Crippen LogP contribution is -2.61. The van der Waals surface area contributed by atoms with E-state index in [0.29, 0.717) is 17.9 Å². The van der Waals surface area contributed by atoms with Gasteiger partial charge in [0.2, 0.25) is 0 Å². The van der Waals surface area contributed by atoms with E-state index in [-0.39, 0.29) is 18.0 Å². The van der Waals surface area contributed by atoms with E-state index in [2.05, 4.69) is 18.7 Å². The number of halogens is 1. The fraction of sp³-hybridized carbons (Fsp3) is 0.667. The summed E-state index contributed by atoms with van der Waals surface area (Å²) in [6, 6.07) is 6.92. The normalized spacial score (nSPS) is 26.9. The SMILES string of the molecule is CC(C)OC1CCCCC1N1CC(Oc2cccc(F)c2)C1. The van der Waals surface area contributed by atoms with E-state index < -0.39 is 0 Å². The number of rotatable bonds is 5. The van der Waals surface area contributed by atoms with Gasteiger partial charge in [-0.15, -0.1) is 0 Å². The molecule has 22 heavy (non-hydrogen) atoms. The zero-order valence-corrected chi connectivity index (χ0v) is 13.5. The Morgan fingerprint density at radius 3 is 2.68 bits per heavy atom. The fourth-order valence-electron chi connectivity index (χ4n) is 3.55. The molecule has 1 heterocycles. The maximum absolute atomic E-state index is 13.2. The molecule has 1 aromatic carbocycles. The first kappa shape index (κ1) is 15.8. The van der Waals surface area contributed by atoms with E-state index >= 15 is 0 Å². The molecule has 4 heteroatoms. The molecule has 2 atom stereocenters. The summed E-state index contributed by atoms with van der Waals surface area (Å²) in [5.41, 5.74) is 0. The number of benzene rings is 1. The van der Waals surface area contributed by atoms with E-state index in [0.717, 1.165) is 19.5 Å². The third kappa shape index (κ3) is 3.79. The van der Waals surface area contributed by atoms with Crippen molar-refractivity contribution in [1.29, 1.82) is 0 Å². The lowest BCUT2D eigenvalue weighted by atomic mass is 9.89. The van der Waals surface area contributed by atoms with Crippen LogP contribution in [-0.4, -0.2) is 42.3 Å². The maximum Gasteiger partial charge on any atom is 0.126 e. The van der Waals surface area contributed by atoms with E-state index in [1.807, 2.05) is 6.07 Å². The molecule has 0 spiro atoms. The van der Waals surface area contributed by atoms with Crippen molar-refractivity contribution in [2.75, 3.05) is 13.1 Å². The highest BCUT2D eigenvalue weighted by Gasteiger charge is 2.39. The highest BCUT2D eigenvalue weighted by Crippen LogP contribution is 2.30. The molecule has 2 aliphatic rings. The molecule has 1 saturated carbocycles. The van der Waals surface area contributed by atoms with Crippen LogP contribution in [0.25, 0.3) is 0 Å². The van der Waals surface area contributed by atoms with Crippen molar-refractivity contribution in [3.05, 3.63) is 30.1 Å². The van der Waals surface area contributed by atoms with Gasteiger partial charge in [-0.1, -0.05) is 18.9 Å². The predicted octanol–water partition coefficient (Wildman–Crippen LogP) is 3.62. The topological polar surface area (TPSA) is 21.7 Å². The molecule has 122 valence electrons. The smallest absolute Gasteiger partial charge is 0.126 e. The van der Waals surface area contributed by atoms with Gasteiger partial charge in [0.05, 0.1) is 12.2 Å². The third-order valence-electron chi connectivity index (χ3n) is 4.56. The van der Waals surface area contributed by atoms with Gasteiger partial charge in [0.15, 0.2) is 0 Å². The molecule has 3 rings (SSSR count). The van der Waals surface area contributed by atoms with Crippen molar-refractivity contribution in [1.82, 2.24) is 4.90 Å². The van der Waals surface area contributed by atoms with Crippen LogP contribution in [0.4, 0.5) is 4.39 Å². The quantitative estimate of drug-likeness (QED) is 0.829. The Kier molecular flexibility index (Phi) is 4.99. The Bertz CT molecular complexity index is 488. The van der Waals surface area contributed by atoms with E-state index in [4.69, 9.17) is 9.47 Å². The fourth-order valence-corrected chi connectivity index (χ4v) is 3.55. The summed E-state index contributed by atoms with van der Waals surface area (Å²) in [4.78, 5) is 2.47. The molecule has 3 nitrogen and oxygen atoms in total. The van der Waals surface area contributed by atoms with Gasteiger partial charge in [-0.05, 0) is 38.8 Å². The number of ether oxygens (including phenoxy) is 2. The van der Waals surface area contributed by atoms with Crippen LogP contribution >= 0.6 is 0 Å². The Hall–Kier alpha value is -1.13. The second-order valence-corrected chi connectivity index (χ2v) is 6.73. The van der Waals surface area contributed by atoms with Crippen LogP contribution in [-0.2, 0) is 4.74 Å². The summed E-state index contributed by atoms with van der Waals surface area (Å²) in [6.45, 7) is 6.05. The van der Waals surface area contributed by atoms with E-state index in [1.54, 1.807) is 6.07 Å². The average Bonchev–Trinajstić information content (AvgIpc) is 2.43. The number of nitrogens with zero attached hydrogens (tertiary/aromatic N) is 1. The van der Waals surface area contributed by atoms with Crippen LogP contribution in [0, 0.1) is 5.82 Å². The Morgan fingerprint density at radius 2 is 1.95 bits per heavy atom. The standard InChI is InChI=1S/C18H26FNO2/c1-13(2)21-18-9-4-3-8-17(18)20-11-16(12-20)22-15-7-5-6-14(19)10-15/h5-7,10,13,16-18H,3-4,8-9,11-12H2,1-2H3. The van der Waals surface area contributed by atoms with E-state index in [1.165, 1.54) is 31.4 Å². The number of likely N-dealkylation sites (tertiary alicyclic amines) is 1. The molecule has 0 radical (unpaired) electrons. The Morgan fingerprint density at radius 1 is 1.18 bits per heavy atom. The number of hydrogen-bond donors (Lipinski definition) is 0. The molecule has 0 N–H and O–H groups in total. The van der Waals surface area contributed by atoms with Gasteiger partial charge < -0.3 is 9.47 Å². The zero-order valence-electron chi connectivity index (χ0n) is 13.5. The summed E-state index contributed by atoms with van der Waals surface area (Å²) in [5, 5.41) is 0. The predicted molar refractivity (Wildman–Crippen MR) is 84.7 cm³/mol. The molecule has 0 amide bonds. The summed E-state index contributed by atoms with van der Waals surface area (Å²) in [7, 11) is 0. The van der Waals surface area contributed by atoms with Crippen LogP contribution < -0.4 is 4.74 Å². The molecule has 1 aromatic rings. The largest absolute Gasteiger partial charge is 0.488 e. The second-order valence-electron chi connectivity index (χ2n) is 6.73. The summed E-state index contributed by atoms with van der Waals surface area (Å²) >= 11 is 0. The van der Waals surface area contributed by atoms with Crippen LogP contribution in [0.1, 0.15) is 39.5 Å². The molecule has 0 bridgehead atoms. The number of hydrogen-bond acceptors (Lipinski definition) is 3. The van der Waals surface area contributed by atoms with Crippen molar-refractivity contribution in [2.24, 2.45) is 0 Å². The lowest BCUT2D eigenvalue weighted by molar-refractivity contribution is -0.102. The van der Waals surface area contributed by atoms with Crippen molar-refractivity contribution in [3.8, 4) is 5.75 Å². The summed E-state index contributed by atoms with van der Waals surface area (Å²) < 4.78 is 25.1. The zero-order chi connectivity index (χ0) is 15.5.